The first-order valence-corrected chi connectivity index (χ1v) is 12.0. The van der Waals surface area contributed by atoms with Crippen LogP contribution in [0.1, 0.15) is 10.4 Å². The van der Waals surface area contributed by atoms with Gasteiger partial charge >= 0.3 is 0 Å². The van der Waals surface area contributed by atoms with Crippen molar-refractivity contribution in [2.24, 2.45) is 0 Å². The van der Waals surface area contributed by atoms with E-state index in [2.05, 4.69) is 5.32 Å². The molecule has 178 valence electrons. The molecular formula is C24H23F2N3O4S. The summed E-state index contributed by atoms with van der Waals surface area (Å²) in [6.45, 7) is 0.832. The van der Waals surface area contributed by atoms with E-state index in [9.17, 15) is 22.0 Å². The summed E-state index contributed by atoms with van der Waals surface area (Å²) in [4.78, 5) is 14.3. The highest BCUT2D eigenvalue weighted by molar-refractivity contribution is 7.89. The minimum Gasteiger partial charge on any atom is -0.495 e. The van der Waals surface area contributed by atoms with Crippen LogP contribution in [0.15, 0.2) is 71.6 Å². The molecule has 0 unspecified atom stereocenters. The molecule has 10 heteroatoms. The van der Waals surface area contributed by atoms with Gasteiger partial charge in [0.2, 0.25) is 10.0 Å². The maximum absolute atomic E-state index is 14.5. The van der Waals surface area contributed by atoms with Crippen LogP contribution in [0.4, 0.5) is 20.2 Å². The molecule has 1 aliphatic heterocycles. The van der Waals surface area contributed by atoms with Gasteiger partial charge in [-0.3, -0.25) is 4.79 Å². The fourth-order valence-electron chi connectivity index (χ4n) is 3.80. The molecule has 0 aliphatic carbocycles. The first-order valence-electron chi connectivity index (χ1n) is 10.5. The van der Waals surface area contributed by atoms with Gasteiger partial charge in [-0.25, -0.2) is 17.2 Å². The van der Waals surface area contributed by atoms with Crippen molar-refractivity contribution >= 4 is 27.3 Å². The van der Waals surface area contributed by atoms with E-state index in [1.165, 1.54) is 17.5 Å². The first-order chi connectivity index (χ1) is 16.3. The number of carbonyl (C=O) groups excluding carboxylic acids is 1. The number of carbonyl (C=O) groups is 1. The van der Waals surface area contributed by atoms with Gasteiger partial charge in [0.15, 0.2) is 0 Å². The Hall–Kier alpha value is -3.50. The number of nitrogens with one attached hydrogen (secondary N) is 1. The van der Waals surface area contributed by atoms with Crippen LogP contribution in [-0.4, -0.2) is 51.9 Å². The van der Waals surface area contributed by atoms with Crippen LogP contribution in [0.2, 0.25) is 0 Å². The number of ether oxygens (including phenoxy) is 1. The lowest BCUT2D eigenvalue weighted by Crippen LogP contribution is -2.48. The molecule has 1 N–H and O–H groups in total. The van der Waals surface area contributed by atoms with Gasteiger partial charge in [0.25, 0.3) is 5.91 Å². The second kappa shape index (κ2) is 9.78. The summed E-state index contributed by atoms with van der Waals surface area (Å²) in [6.07, 6.45) is 0. The Morgan fingerprint density at radius 2 is 1.59 bits per heavy atom. The quantitative estimate of drug-likeness (QED) is 0.573. The highest BCUT2D eigenvalue weighted by atomic mass is 32.2. The third kappa shape index (κ3) is 4.73. The van der Waals surface area contributed by atoms with E-state index in [-0.39, 0.29) is 23.8 Å². The van der Waals surface area contributed by atoms with Crippen molar-refractivity contribution in [1.29, 1.82) is 0 Å². The van der Waals surface area contributed by atoms with Crippen molar-refractivity contribution in [3.63, 3.8) is 0 Å². The number of hydrogen-bond acceptors (Lipinski definition) is 5. The number of hydrogen-bond donors (Lipinski definition) is 1. The van der Waals surface area contributed by atoms with Gasteiger partial charge in [0.05, 0.1) is 28.9 Å². The highest BCUT2D eigenvalue weighted by Gasteiger charge is 2.30. The van der Waals surface area contributed by atoms with E-state index in [0.29, 0.717) is 30.2 Å². The van der Waals surface area contributed by atoms with Crippen LogP contribution in [0, 0.1) is 11.6 Å². The molecule has 0 bridgehead atoms. The minimum absolute atomic E-state index is 0.122. The summed E-state index contributed by atoms with van der Waals surface area (Å²) < 4.78 is 61.4. The average molecular weight is 488 g/mol. The molecule has 1 heterocycles. The third-order valence-corrected chi connectivity index (χ3v) is 7.50. The number of sulfonamides is 1. The zero-order valence-corrected chi connectivity index (χ0v) is 19.2. The third-order valence-electron chi connectivity index (χ3n) is 5.61. The van der Waals surface area contributed by atoms with Crippen molar-refractivity contribution in [2.45, 2.75) is 4.90 Å². The van der Waals surface area contributed by atoms with Crippen LogP contribution in [0.3, 0.4) is 0 Å². The normalized spacial score (nSPS) is 14.6. The van der Waals surface area contributed by atoms with E-state index in [1.807, 2.05) is 0 Å². The van der Waals surface area contributed by atoms with Crippen molar-refractivity contribution in [1.82, 2.24) is 4.31 Å². The number of rotatable bonds is 6. The minimum atomic E-state index is -3.99. The number of nitrogens with zero attached hydrogens (tertiary/aromatic N) is 2. The number of para-hydroxylation sites is 3. The van der Waals surface area contributed by atoms with Crippen molar-refractivity contribution in [2.75, 3.05) is 43.5 Å². The molecule has 7 nitrogen and oxygen atoms in total. The standard InChI is InChI=1S/C24H23F2N3O4S/c1-33-23-9-5-3-7-21(23)27-24(30)18-16-17(10-11-19(18)25)34(31,32)29-14-12-28(13-15-29)22-8-4-2-6-20(22)26/h2-11,16H,12-15H2,1H3,(H,27,30). The Morgan fingerprint density at radius 3 is 2.29 bits per heavy atom. The summed E-state index contributed by atoms with van der Waals surface area (Å²) in [6, 6.07) is 16.0. The molecule has 0 atom stereocenters. The Labute approximate surface area is 196 Å². The molecule has 3 aromatic rings. The summed E-state index contributed by atoms with van der Waals surface area (Å²) in [7, 11) is -2.56. The molecule has 0 radical (unpaired) electrons. The highest BCUT2D eigenvalue weighted by Crippen LogP contribution is 2.26. The predicted molar refractivity (Wildman–Crippen MR) is 125 cm³/mol. The Bertz CT molecular complexity index is 1310. The van der Waals surface area contributed by atoms with E-state index in [4.69, 9.17) is 4.74 Å². The zero-order chi connectivity index (χ0) is 24.3. The van der Waals surface area contributed by atoms with Gasteiger partial charge in [-0.15, -0.1) is 0 Å². The summed E-state index contributed by atoms with van der Waals surface area (Å²) in [5.41, 5.74) is 0.334. The van der Waals surface area contributed by atoms with Gasteiger partial charge in [0.1, 0.15) is 17.4 Å². The Morgan fingerprint density at radius 1 is 0.912 bits per heavy atom. The summed E-state index contributed by atoms with van der Waals surface area (Å²) >= 11 is 0. The molecule has 1 fully saturated rings. The van der Waals surface area contributed by atoms with Gasteiger partial charge in [-0.05, 0) is 42.5 Å². The number of benzene rings is 3. The molecule has 3 aromatic carbocycles. The fraction of sp³-hybridized carbons (Fsp3) is 0.208. The number of anilines is 2. The molecule has 1 aliphatic rings. The fourth-order valence-corrected chi connectivity index (χ4v) is 5.25. The van der Waals surface area contributed by atoms with E-state index >= 15 is 0 Å². The molecule has 4 rings (SSSR count). The van der Waals surface area contributed by atoms with Crippen LogP contribution in [0.25, 0.3) is 0 Å². The summed E-state index contributed by atoms with van der Waals surface area (Å²) in [5.74, 6) is -1.64. The van der Waals surface area contributed by atoms with Crippen LogP contribution >= 0.6 is 0 Å². The van der Waals surface area contributed by atoms with E-state index < -0.39 is 27.3 Å². The van der Waals surface area contributed by atoms with Crippen LogP contribution in [0.5, 0.6) is 5.75 Å². The van der Waals surface area contributed by atoms with Crippen molar-refractivity contribution in [3.05, 3.63) is 83.9 Å². The smallest absolute Gasteiger partial charge is 0.258 e. The second-order valence-corrected chi connectivity index (χ2v) is 9.58. The average Bonchev–Trinajstić information content (AvgIpc) is 2.85. The van der Waals surface area contributed by atoms with Crippen LogP contribution in [-0.2, 0) is 10.0 Å². The Balaban J connectivity index is 1.52. The van der Waals surface area contributed by atoms with Gasteiger partial charge in [-0.2, -0.15) is 4.31 Å². The second-order valence-electron chi connectivity index (χ2n) is 7.64. The lowest BCUT2D eigenvalue weighted by molar-refractivity contribution is 0.102. The van der Waals surface area contributed by atoms with Crippen LogP contribution < -0.4 is 15.0 Å². The largest absolute Gasteiger partial charge is 0.495 e. The molecule has 1 amide bonds. The Kier molecular flexibility index (Phi) is 6.80. The van der Waals surface area contributed by atoms with E-state index in [1.54, 1.807) is 47.4 Å². The molecule has 0 spiro atoms. The zero-order valence-electron chi connectivity index (χ0n) is 18.4. The molecular weight excluding hydrogens is 464 g/mol. The molecule has 0 saturated carbocycles. The van der Waals surface area contributed by atoms with Gasteiger partial charge in [0, 0.05) is 26.2 Å². The molecule has 0 aromatic heterocycles. The lowest BCUT2D eigenvalue weighted by atomic mass is 10.2. The maximum atomic E-state index is 14.5. The SMILES string of the molecule is COc1ccccc1NC(=O)c1cc(S(=O)(=O)N2CCN(c3ccccc3F)CC2)ccc1F. The van der Waals surface area contributed by atoms with Gasteiger partial charge in [-0.1, -0.05) is 24.3 Å². The lowest BCUT2D eigenvalue weighted by Gasteiger charge is -2.35. The number of piperazine rings is 1. The van der Waals surface area contributed by atoms with Crippen molar-refractivity contribution in [3.8, 4) is 5.75 Å². The number of amides is 1. The summed E-state index contributed by atoms with van der Waals surface area (Å²) in [5, 5.41) is 2.55. The number of halogens is 2. The van der Waals surface area contributed by atoms with E-state index in [0.717, 1.165) is 18.2 Å². The topological polar surface area (TPSA) is 78.9 Å². The molecule has 34 heavy (non-hydrogen) atoms. The predicted octanol–water partition coefficient (Wildman–Crippen LogP) is 3.74. The van der Waals surface area contributed by atoms with Gasteiger partial charge < -0.3 is 15.0 Å². The molecule has 1 saturated heterocycles. The number of methoxy groups -OCH3 is 1. The first kappa shape index (κ1) is 23.7. The maximum Gasteiger partial charge on any atom is 0.258 e. The monoisotopic (exact) mass is 487 g/mol. The van der Waals surface area contributed by atoms with Crippen molar-refractivity contribution < 1.29 is 26.7 Å².